The molecule has 0 spiro atoms. The highest BCUT2D eigenvalue weighted by Crippen LogP contribution is 2.38. The van der Waals surface area contributed by atoms with Gasteiger partial charge in [0.05, 0.1) is 12.0 Å². The Morgan fingerprint density at radius 1 is 1.09 bits per heavy atom. The molecule has 4 rings (SSSR count). The maximum Gasteiger partial charge on any atom is 0.243 e. The molecule has 0 bridgehead atoms. The van der Waals surface area contributed by atoms with E-state index in [9.17, 15) is 14.0 Å². The Bertz CT molecular complexity index is 1130. The van der Waals surface area contributed by atoms with Crippen molar-refractivity contribution in [2.24, 2.45) is 0 Å². The number of carbonyl (C=O) groups excluding carboxylic acids is 2. The molecule has 1 aliphatic rings. The highest BCUT2D eigenvalue weighted by molar-refractivity contribution is 7.10. The fourth-order valence-corrected chi connectivity index (χ4v) is 5.68. The summed E-state index contributed by atoms with van der Waals surface area (Å²) >= 11 is 1.69. The molecule has 2 amide bonds. The van der Waals surface area contributed by atoms with Gasteiger partial charge in [-0.1, -0.05) is 49.4 Å². The van der Waals surface area contributed by atoms with Crippen LogP contribution in [0.5, 0.6) is 0 Å². The van der Waals surface area contributed by atoms with Crippen LogP contribution < -0.4 is 0 Å². The molecule has 34 heavy (non-hydrogen) atoms. The van der Waals surface area contributed by atoms with Crippen LogP contribution in [0.3, 0.4) is 0 Å². The number of amides is 2. The van der Waals surface area contributed by atoms with Crippen LogP contribution >= 0.6 is 11.3 Å². The Morgan fingerprint density at radius 2 is 1.79 bits per heavy atom. The lowest BCUT2D eigenvalue weighted by Crippen LogP contribution is -2.49. The van der Waals surface area contributed by atoms with Gasteiger partial charge in [0.2, 0.25) is 11.8 Å². The third-order valence-corrected chi connectivity index (χ3v) is 7.59. The number of nitrogens with zero attached hydrogens (tertiary/aromatic N) is 2. The molecule has 0 fully saturated rings. The molecule has 1 aromatic heterocycles. The maximum atomic E-state index is 13.7. The summed E-state index contributed by atoms with van der Waals surface area (Å²) in [6.45, 7) is 6.51. The van der Waals surface area contributed by atoms with E-state index in [0.717, 1.165) is 23.1 Å². The fraction of sp³-hybridized carbons (Fsp3) is 0.357. The fourth-order valence-electron chi connectivity index (χ4n) is 4.78. The average Bonchev–Trinajstić information content (AvgIpc) is 3.32. The SMILES string of the molecule is CCC(C(=O)N(CC(=O)N1CCc2sccc2C1c1ccc(F)cc1)C(C)C)c1ccccc1. The van der Waals surface area contributed by atoms with Gasteiger partial charge in [0.25, 0.3) is 0 Å². The molecular formula is C28H31FN2O2S. The van der Waals surface area contributed by atoms with Crippen LogP contribution in [-0.2, 0) is 16.0 Å². The number of hydrogen-bond acceptors (Lipinski definition) is 3. The lowest BCUT2D eigenvalue weighted by atomic mass is 9.92. The number of halogens is 1. The molecule has 0 saturated heterocycles. The van der Waals surface area contributed by atoms with Crippen LogP contribution in [0.25, 0.3) is 0 Å². The molecular weight excluding hydrogens is 447 g/mol. The Kier molecular flexibility index (Phi) is 7.47. The minimum Gasteiger partial charge on any atom is -0.330 e. The van der Waals surface area contributed by atoms with Gasteiger partial charge in [-0.25, -0.2) is 4.39 Å². The van der Waals surface area contributed by atoms with E-state index in [4.69, 9.17) is 0 Å². The predicted octanol–water partition coefficient (Wildman–Crippen LogP) is 5.79. The standard InChI is InChI=1S/C28H31FN2O2S/c1-4-23(20-8-6-5-7-9-20)28(33)31(19(2)3)18-26(32)30-16-14-25-24(15-17-34-25)27(30)21-10-12-22(29)13-11-21/h5-13,15,17,19,23,27H,4,14,16,18H2,1-3H3. The summed E-state index contributed by atoms with van der Waals surface area (Å²) in [5, 5.41) is 2.05. The highest BCUT2D eigenvalue weighted by Gasteiger charge is 2.35. The van der Waals surface area contributed by atoms with E-state index in [0.29, 0.717) is 13.0 Å². The van der Waals surface area contributed by atoms with Crippen molar-refractivity contribution in [2.45, 2.75) is 51.6 Å². The van der Waals surface area contributed by atoms with Gasteiger partial charge in [-0.2, -0.15) is 0 Å². The molecule has 1 aliphatic heterocycles. The molecule has 2 aromatic carbocycles. The van der Waals surface area contributed by atoms with Crippen molar-refractivity contribution >= 4 is 23.2 Å². The normalized spacial score (nSPS) is 16.3. The van der Waals surface area contributed by atoms with Crippen molar-refractivity contribution in [3.8, 4) is 0 Å². The summed E-state index contributed by atoms with van der Waals surface area (Å²) in [7, 11) is 0. The molecule has 0 aliphatic carbocycles. The summed E-state index contributed by atoms with van der Waals surface area (Å²) in [4.78, 5) is 32.1. The molecule has 2 heterocycles. The maximum absolute atomic E-state index is 13.7. The van der Waals surface area contributed by atoms with E-state index >= 15 is 0 Å². The van der Waals surface area contributed by atoms with E-state index in [1.54, 1.807) is 28.4 Å². The van der Waals surface area contributed by atoms with Crippen LogP contribution in [0, 0.1) is 5.82 Å². The Morgan fingerprint density at radius 3 is 2.44 bits per heavy atom. The van der Waals surface area contributed by atoms with Gasteiger partial charge in [0.15, 0.2) is 0 Å². The first-order valence-electron chi connectivity index (χ1n) is 11.9. The summed E-state index contributed by atoms with van der Waals surface area (Å²) in [6.07, 6.45) is 1.45. The van der Waals surface area contributed by atoms with E-state index in [1.807, 2.05) is 61.4 Å². The summed E-state index contributed by atoms with van der Waals surface area (Å²) in [6, 6.07) is 17.8. The first kappa shape index (κ1) is 24.1. The van der Waals surface area contributed by atoms with Crippen LogP contribution in [0.1, 0.15) is 60.7 Å². The molecule has 0 N–H and O–H groups in total. The predicted molar refractivity (Wildman–Crippen MR) is 134 cm³/mol. The number of carbonyl (C=O) groups is 2. The molecule has 2 unspecified atom stereocenters. The lowest BCUT2D eigenvalue weighted by molar-refractivity contribution is -0.144. The van der Waals surface area contributed by atoms with E-state index in [-0.39, 0.29) is 42.2 Å². The van der Waals surface area contributed by atoms with Crippen molar-refractivity contribution in [2.75, 3.05) is 13.1 Å². The topological polar surface area (TPSA) is 40.6 Å². The number of thiophene rings is 1. The van der Waals surface area contributed by atoms with Crippen molar-refractivity contribution in [3.63, 3.8) is 0 Å². The van der Waals surface area contributed by atoms with E-state index in [1.165, 1.54) is 17.0 Å². The zero-order chi connectivity index (χ0) is 24.2. The van der Waals surface area contributed by atoms with Crippen molar-refractivity contribution in [1.29, 1.82) is 0 Å². The summed E-state index contributed by atoms with van der Waals surface area (Å²) in [5.74, 6) is -0.694. The van der Waals surface area contributed by atoms with Crippen LogP contribution in [0.15, 0.2) is 66.0 Å². The van der Waals surface area contributed by atoms with E-state index in [2.05, 4.69) is 6.07 Å². The van der Waals surface area contributed by atoms with E-state index < -0.39 is 0 Å². The molecule has 6 heteroatoms. The second-order valence-corrected chi connectivity index (χ2v) is 10.0. The summed E-state index contributed by atoms with van der Waals surface area (Å²) < 4.78 is 13.6. The minimum atomic E-state index is -0.300. The highest BCUT2D eigenvalue weighted by atomic mass is 32.1. The van der Waals surface area contributed by atoms with Gasteiger partial charge < -0.3 is 9.80 Å². The zero-order valence-electron chi connectivity index (χ0n) is 19.9. The Balaban J connectivity index is 1.61. The second-order valence-electron chi connectivity index (χ2n) is 9.02. The van der Waals surface area contributed by atoms with Gasteiger partial charge in [-0.15, -0.1) is 11.3 Å². The Labute approximate surface area is 205 Å². The summed E-state index contributed by atoms with van der Waals surface area (Å²) in [5.41, 5.74) is 2.94. The van der Waals surface area contributed by atoms with Crippen LogP contribution in [0.2, 0.25) is 0 Å². The minimum absolute atomic E-state index is 0.0244. The quantitative estimate of drug-likeness (QED) is 0.431. The third-order valence-electron chi connectivity index (χ3n) is 6.59. The number of fused-ring (bicyclic) bond motifs is 1. The first-order valence-corrected chi connectivity index (χ1v) is 12.7. The molecule has 0 saturated carbocycles. The number of benzene rings is 2. The molecule has 178 valence electrons. The third kappa shape index (κ3) is 4.92. The Hall–Kier alpha value is -2.99. The van der Waals surface area contributed by atoms with Crippen LogP contribution in [0.4, 0.5) is 4.39 Å². The van der Waals surface area contributed by atoms with Crippen molar-refractivity contribution < 1.29 is 14.0 Å². The molecule has 2 atom stereocenters. The van der Waals surface area contributed by atoms with Gasteiger partial charge in [-0.3, -0.25) is 9.59 Å². The van der Waals surface area contributed by atoms with Gasteiger partial charge >= 0.3 is 0 Å². The number of hydrogen-bond donors (Lipinski definition) is 0. The lowest BCUT2D eigenvalue weighted by Gasteiger charge is -2.38. The molecule has 0 radical (unpaired) electrons. The first-order chi connectivity index (χ1) is 16.4. The van der Waals surface area contributed by atoms with Crippen LogP contribution in [-0.4, -0.2) is 40.7 Å². The smallest absolute Gasteiger partial charge is 0.243 e. The zero-order valence-corrected chi connectivity index (χ0v) is 20.7. The van der Waals surface area contributed by atoms with Crippen molar-refractivity contribution in [1.82, 2.24) is 9.80 Å². The van der Waals surface area contributed by atoms with Gasteiger partial charge in [0.1, 0.15) is 12.4 Å². The van der Waals surface area contributed by atoms with Crippen molar-refractivity contribution in [3.05, 3.63) is 93.4 Å². The van der Waals surface area contributed by atoms with Gasteiger partial charge in [-0.05, 0) is 67.0 Å². The number of rotatable bonds is 7. The average molecular weight is 479 g/mol. The monoisotopic (exact) mass is 478 g/mol. The second kappa shape index (κ2) is 10.5. The molecule has 3 aromatic rings. The van der Waals surface area contributed by atoms with Gasteiger partial charge in [0, 0.05) is 17.5 Å². The molecule has 4 nitrogen and oxygen atoms in total. The largest absolute Gasteiger partial charge is 0.330 e.